The van der Waals surface area contributed by atoms with Gasteiger partial charge in [-0.3, -0.25) is 9.59 Å². The van der Waals surface area contributed by atoms with Crippen molar-refractivity contribution in [2.45, 2.75) is 6.92 Å². The van der Waals surface area contributed by atoms with Crippen LogP contribution in [0.3, 0.4) is 0 Å². The van der Waals surface area contributed by atoms with Crippen LogP contribution in [0.5, 0.6) is 0 Å². The number of rotatable bonds is 5. The van der Waals surface area contributed by atoms with Crippen molar-refractivity contribution in [3.8, 4) is 0 Å². The van der Waals surface area contributed by atoms with Crippen LogP contribution < -0.4 is 10.6 Å². The van der Waals surface area contributed by atoms with Crippen LogP contribution in [-0.2, 0) is 14.3 Å². The number of hydrogen-bond donors (Lipinski definition) is 2. The highest BCUT2D eigenvalue weighted by atomic mass is 35.5. The highest BCUT2D eigenvalue weighted by Gasteiger charge is 2.19. The second-order valence-electron chi connectivity index (χ2n) is 5.10. The number of amides is 2. The fourth-order valence-electron chi connectivity index (χ4n) is 1.95. The van der Waals surface area contributed by atoms with E-state index in [-0.39, 0.29) is 26.5 Å². The van der Waals surface area contributed by atoms with E-state index in [4.69, 9.17) is 39.5 Å². The number of hydrogen-bond acceptors (Lipinski definition) is 4. The number of halogens is 3. The molecule has 0 saturated heterocycles. The van der Waals surface area contributed by atoms with Gasteiger partial charge in [0.2, 0.25) is 5.91 Å². The van der Waals surface area contributed by atoms with Gasteiger partial charge in [0.05, 0.1) is 20.6 Å². The van der Waals surface area contributed by atoms with E-state index in [2.05, 4.69) is 10.6 Å². The molecule has 2 amide bonds. The smallest absolute Gasteiger partial charge is 0.341 e. The number of ether oxygens (including phenoxy) is 1. The third kappa shape index (κ3) is 5.36. The molecule has 136 valence electrons. The minimum atomic E-state index is -0.862. The van der Waals surface area contributed by atoms with Crippen molar-refractivity contribution in [3.05, 3.63) is 57.0 Å². The molecule has 0 saturated carbocycles. The third-order valence-electron chi connectivity index (χ3n) is 3.07. The van der Waals surface area contributed by atoms with Gasteiger partial charge in [0.25, 0.3) is 5.91 Å². The molecule has 0 radical (unpaired) electrons. The lowest BCUT2D eigenvalue weighted by atomic mass is 10.2. The zero-order valence-electron chi connectivity index (χ0n) is 13.4. The van der Waals surface area contributed by atoms with Crippen LogP contribution in [0.1, 0.15) is 17.3 Å². The maximum Gasteiger partial charge on any atom is 0.341 e. The standard InChI is InChI=1S/C17H13Cl3N2O4/c1-9(23)21-10-2-4-11(5-3-10)22-14(24)8-26-17(25)15-12(18)6-7-13(19)16(15)20/h2-7H,8H2,1H3,(H,21,23)(H,22,24). The van der Waals surface area contributed by atoms with Gasteiger partial charge >= 0.3 is 5.97 Å². The molecular formula is C17H13Cl3N2O4. The second-order valence-corrected chi connectivity index (χ2v) is 6.29. The highest BCUT2D eigenvalue weighted by Crippen LogP contribution is 2.31. The molecule has 0 fully saturated rings. The van der Waals surface area contributed by atoms with E-state index < -0.39 is 18.5 Å². The number of nitrogens with one attached hydrogen (secondary N) is 2. The Morgan fingerprint density at radius 2 is 1.42 bits per heavy atom. The van der Waals surface area contributed by atoms with Gasteiger partial charge in [0, 0.05) is 18.3 Å². The van der Waals surface area contributed by atoms with E-state index >= 15 is 0 Å². The van der Waals surface area contributed by atoms with Gasteiger partial charge < -0.3 is 15.4 Å². The molecule has 0 aliphatic carbocycles. The maximum absolute atomic E-state index is 12.1. The molecule has 0 aliphatic heterocycles. The minimum Gasteiger partial charge on any atom is -0.452 e. The van der Waals surface area contributed by atoms with Gasteiger partial charge in [-0.25, -0.2) is 4.79 Å². The van der Waals surface area contributed by atoms with Crippen molar-refractivity contribution in [3.63, 3.8) is 0 Å². The molecule has 0 spiro atoms. The molecule has 0 aliphatic rings. The van der Waals surface area contributed by atoms with Crippen molar-refractivity contribution in [2.75, 3.05) is 17.2 Å². The third-order valence-corrected chi connectivity index (χ3v) is 4.19. The second kappa shape index (κ2) is 8.89. The zero-order chi connectivity index (χ0) is 19.3. The molecule has 0 unspecified atom stereocenters. The van der Waals surface area contributed by atoms with Crippen molar-refractivity contribution in [1.82, 2.24) is 0 Å². The predicted molar refractivity (Wildman–Crippen MR) is 101 cm³/mol. The van der Waals surface area contributed by atoms with Crippen LogP contribution in [0.25, 0.3) is 0 Å². The summed E-state index contributed by atoms with van der Waals surface area (Å²) in [5, 5.41) is 5.32. The molecular weight excluding hydrogens is 403 g/mol. The van der Waals surface area contributed by atoms with Gasteiger partial charge in [-0.2, -0.15) is 0 Å². The SMILES string of the molecule is CC(=O)Nc1ccc(NC(=O)COC(=O)c2c(Cl)ccc(Cl)c2Cl)cc1. The molecule has 9 heteroatoms. The van der Waals surface area contributed by atoms with Crippen LogP contribution in [0.2, 0.25) is 15.1 Å². The average Bonchev–Trinajstić information content (AvgIpc) is 2.58. The Labute approximate surface area is 164 Å². The van der Waals surface area contributed by atoms with E-state index in [9.17, 15) is 14.4 Å². The quantitative estimate of drug-likeness (QED) is 0.560. The van der Waals surface area contributed by atoms with E-state index in [1.54, 1.807) is 24.3 Å². The van der Waals surface area contributed by atoms with E-state index in [0.29, 0.717) is 11.4 Å². The molecule has 2 N–H and O–H groups in total. The Morgan fingerprint density at radius 1 is 0.885 bits per heavy atom. The summed E-state index contributed by atoms with van der Waals surface area (Å²) < 4.78 is 4.92. The summed E-state index contributed by atoms with van der Waals surface area (Å²) in [4.78, 5) is 34.9. The molecule has 26 heavy (non-hydrogen) atoms. The Hall–Kier alpha value is -2.28. The van der Waals surface area contributed by atoms with Crippen LogP contribution >= 0.6 is 34.8 Å². The van der Waals surface area contributed by atoms with E-state index in [0.717, 1.165) is 0 Å². The van der Waals surface area contributed by atoms with Crippen LogP contribution in [-0.4, -0.2) is 24.4 Å². The molecule has 0 bridgehead atoms. The summed E-state index contributed by atoms with van der Waals surface area (Å²) in [6.07, 6.45) is 0. The van der Waals surface area contributed by atoms with E-state index in [1.807, 2.05) is 0 Å². The summed E-state index contributed by atoms with van der Waals surface area (Å²) in [5.41, 5.74) is 0.958. The lowest BCUT2D eigenvalue weighted by molar-refractivity contribution is -0.119. The van der Waals surface area contributed by atoms with Crippen LogP contribution in [0.15, 0.2) is 36.4 Å². The van der Waals surface area contributed by atoms with Gasteiger partial charge in [-0.15, -0.1) is 0 Å². The minimum absolute atomic E-state index is 0.0434. The first-order valence-corrected chi connectivity index (χ1v) is 8.39. The summed E-state index contributed by atoms with van der Waals surface area (Å²) in [6.45, 7) is 0.855. The average molecular weight is 416 g/mol. The predicted octanol–water partition coefficient (Wildman–Crippen LogP) is 4.40. The van der Waals surface area contributed by atoms with Crippen LogP contribution in [0, 0.1) is 0 Å². The fraction of sp³-hybridized carbons (Fsp3) is 0.118. The normalized spacial score (nSPS) is 10.2. The number of carbonyl (C=O) groups excluding carboxylic acids is 3. The Morgan fingerprint density at radius 3 is 2.00 bits per heavy atom. The number of esters is 1. The molecule has 0 heterocycles. The first-order valence-electron chi connectivity index (χ1n) is 7.26. The summed E-state index contributed by atoms with van der Waals surface area (Å²) >= 11 is 17.7. The monoisotopic (exact) mass is 414 g/mol. The first-order chi connectivity index (χ1) is 12.3. The molecule has 0 atom stereocenters. The lowest BCUT2D eigenvalue weighted by Gasteiger charge is -2.10. The van der Waals surface area contributed by atoms with Gasteiger partial charge in [-0.1, -0.05) is 34.8 Å². The van der Waals surface area contributed by atoms with Crippen molar-refractivity contribution in [1.29, 1.82) is 0 Å². The number of benzene rings is 2. The van der Waals surface area contributed by atoms with Gasteiger partial charge in [0.15, 0.2) is 6.61 Å². The Balaban J connectivity index is 1.94. The lowest BCUT2D eigenvalue weighted by Crippen LogP contribution is -2.21. The molecule has 6 nitrogen and oxygen atoms in total. The maximum atomic E-state index is 12.1. The summed E-state index contributed by atoms with van der Waals surface area (Å²) in [6, 6.07) is 9.28. The largest absolute Gasteiger partial charge is 0.452 e. The number of carbonyl (C=O) groups is 3. The topological polar surface area (TPSA) is 84.5 Å². The highest BCUT2D eigenvalue weighted by molar-refractivity contribution is 6.46. The molecule has 2 aromatic carbocycles. The molecule has 0 aromatic heterocycles. The zero-order valence-corrected chi connectivity index (χ0v) is 15.7. The Bertz CT molecular complexity index is 854. The first kappa shape index (κ1) is 20.0. The fourth-order valence-corrected chi connectivity index (χ4v) is 2.64. The van der Waals surface area contributed by atoms with Crippen LogP contribution in [0.4, 0.5) is 11.4 Å². The van der Waals surface area contributed by atoms with Gasteiger partial charge in [-0.05, 0) is 36.4 Å². The number of anilines is 2. The summed E-state index contributed by atoms with van der Waals surface area (Å²) in [7, 11) is 0. The van der Waals surface area contributed by atoms with Crippen molar-refractivity contribution >= 4 is 64.0 Å². The van der Waals surface area contributed by atoms with Crippen molar-refractivity contribution < 1.29 is 19.1 Å². The van der Waals surface area contributed by atoms with E-state index in [1.165, 1.54) is 19.1 Å². The van der Waals surface area contributed by atoms with Gasteiger partial charge in [0.1, 0.15) is 0 Å². The Kier molecular flexibility index (Phi) is 6.85. The summed E-state index contributed by atoms with van der Waals surface area (Å²) in [5.74, 6) is -1.62. The van der Waals surface area contributed by atoms with Crippen molar-refractivity contribution in [2.24, 2.45) is 0 Å². The molecule has 2 aromatic rings. The molecule has 2 rings (SSSR count).